The summed E-state index contributed by atoms with van der Waals surface area (Å²) in [4.78, 5) is 2.60. The van der Waals surface area contributed by atoms with E-state index in [1.165, 1.54) is 48.7 Å². The molecule has 32 heavy (non-hydrogen) atoms. The van der Waals surface area contributed by atoms with Crippen LogP contribution in [-0.4, -0.2) is 29.3 Å². The van der Waals surface area contributed by atoms with E-state index >= 15 is 0 Å². The molecule has 1 saturated heterocycles. The molecule has 3 aromatic carbocycles. The molecule has 4 nitrogen and oxygen atoms in total. The Morgan fingerprint density at radius 3 is 2.62 bits per heavy atom. The molecular formula is C28H32N2O2. The summed E-state index contributed by atoms with van der Waals surface area (Å²) in [5, 5.41) is 8.13. The number of fused-ring (bicyclic) bond motifs is 2. The van der Waals surface area contributed by atoms with E-state index in [1.54, 1.807) is 0 Å². The fourth-order valence-corrected chi connectivity index (χ4v) is 4.87. The van der Waals surface area contributed by atoms with E-state index in [4.69, 9.17) is 9.26 Å². The van der Waals surface area contributed by atoms with Crippen LogP contribution in [0.2, 0.25) is 0 Å². The zero-order chi connectivity index (χ0) is 21.9. The normalized spacial score (nSPS) is 15.7. The van der Waals surface area contributed by atoms with Crippen molar-refractivity contribution < 1.29 is 9.26 Å². The first-order chi connectivity index (χ1) is 15.6. The number of piperidine rings is 1. The summed E-state index contributed by atoms with van der Waals surface area (Å²) < 4.78 is 11.4. The third kappa shape index (κ3) is 4.81. The average Bonchev–Trinajstić information content (AvgIpc) is 3.20. The van der Waals surface area contributed by atoms with Crippen LogP contribution in [0.25, 0.3) is 21.7 Å². The number of benzene rings is 3. The molecule has 0 amide bonds. The van der Waals surface area contributed by atoms with Crippen molar-refractivity contribution in [2.75, 3.05) is 13.1 Å². The van der Waals surface area contributed by atoms with Crippen LogP contribution in [-0.2, 0) is 13.0 Å². The van der Waals surface area contributed by atoms with E-state index in [0.29, 0.717) is 0 Å². The number of hydrogen-bond acceptors (Lipinski definition) is 4. The molecule has 1 aliphatic rings. The van der Waals surface area contributed by atoms with Gasteiger partial charge in [0.05, 0.1) is 11.8 Å². The second-order valence-corrected chi connectivity index (χ2v) is 9.39. The van der Waals surface area contributed by atoms with Gasteiger partial charge in [-0.25, -0.2) is 0 Å². The van der Waals surface area contributed by atoms with Crippen molar-refractivity contribution in [1.82, 2.24) is 10.1 Å². The van der Waals surface area contributed by atoms with Crippen LogP contribution in [0.3, 0.4) is 0 Å². The minimum Gasteiger partial charge on any atom is -0.491 e. The summed E-state index contributed by atoms with van der Waals surface area (Å²) in [7, 11) is 0. The number of rotatable bonds is 7. The van der Waals surface area contributed by atoms with E-state index < -0.39 is 0 Å². The molecule has 0 atom stereocenters. The van der Waals surface area contributed by atoms with E-state index in [0.717, 1.165) is 41.3 Å². The molecule has 5 rings (SSSR count). The highest BCUT2D eigenvalue weighted by Crippen LogP contribution is 2.28. The maximum Gasteiger partial charge on any atom is 0.170 e. The van der Waals surface area contributed by atoms with Gasteiger partial charge in [0.25, 0.3) is 0 Å². The number of aromatic nitrogens is 1. The zero-order valence-electron chi connectivity index (χ0n) is 19.1. The van der Waals surface area contributed by atoms with Gasteiger partial charge in [-0.15, -0.1) is 0 Å². The average molecular weight is 429 g/mol. The Hall–Kier alpha value is -2.85. The molecule has 0 radical (unpaired) electrons. The highest BCUT2D eigenvalue weighted by Gasteiger charge is 2.20. The van der Waals surface area contributed by atoms with Gasteiger partial charge in [-0.2, -0.15) is 0 Å². The summed E-state index contributed by atoms with van der Waals surface area (Å²) in [6.45, 7) is 7.46. The van der Waals surface area contributed by atoms with Crippen molar-refractivity contribution in [1.29, 1.82) is 0 Å². The van der Waals surface area contributed by atoms with Gasteiger partial charge in [0.15, 0.2) is 5.58 Å². The third-order valence-electron chi connectivity index (χ3n) is 6.61. The molecule has 166 valence electrons. The summed E-state index contributed by atoms with van der Waals surface area (Å²) >= 11 is 0. The van der Waals surface area contributed by atoms with E-state index in [1.807, 2.05) is 26.0 Å². The first-order valence-corrected chi connectivity index (χ1v) is 11.9. The van der Waals surface area contributed by atoms with Gasteiger partial charge in [-0.1, -0.05) is 41.6 Å². The quantitative estimate of drug-likeness (QED) is 0.332. The van der Waals surface area contributed by atoms with Crippen LogP contribution in [0.4, 0.5) is 0 Å². The lowest BCUT2D eigenvalue weighted by molar-refractivity contribution is 0.172. The van der Waals surface area contributed by atoms with Crippen LogP contribution in [0.5, 0.6) is 5.75 Å². The second-order valence-electron chi connectivity index (χ2n) is 9.39. The SMILES string of the molecule is CC(C)Oc1ccc2c(CCC3CCN(Cc4ccc5ccccc5c4)CC3)noc2c1. The van der Waals surface area contributed by atoms with Gasteiger partial charge in [-0.3, -0.25) is 4.90 Å². The molecule has 1 aromatic heterocycles. The maximum absolute atomic E-state index is 5.77. The van der Waals surface area contributed by atoms with Crippen molar-refractivity contribution in [3.63, 3.8) is 0 Å². The Morgan fingerprint density at radius 1 is 1.00 bits per heavy atom. The predicted octanol–water partition coefficient (Wildman–Crippen LogP) is 6.61. The van der Waals surface area contributed by atoms with Crippen molar-refractivity contribution in [2.45, 2.75) is 52.2 Å². The Labute approximate surface area is 190 Å². The van der Waals surface area contributed by atoms with E-state index in [-0.39, 0.29) is 6.10 Å². The largest absolute Gasteiger partial charge is 0.491 e. The predicted molar refractivity (Wildman–Crippen MR) is 130 cm³/mol. The van der Waals surface area contributed by atoms with Gasteiger partial charge in [0, 0.05) is 18.0 Å². The monoisotopic (exact) mass is 428 g/mol. The van der Waals surface area contributed by atoms with Crippen LogP contribution >= 0.6 is 0 Å². The van der Waals surface area contributed by atoms with Crippen LogP contribution in [0, 0.1) is 5.92 Å². The number of likely N-dealkylation sites (tertiary alicyclic amines) is 1. The molecule has 0 N–H and O–H groups in total. The van der Waals surface area contributed by atoms with E-state index in [2.05, 4.69) is 58.6 Å². The van der Waals surface area contributed by atoms with Gasteiger partial charge < -0.3 is 9.26 Å². The third-order valence-corrected chi connectivity index (χ3v) is 6.61. The number of aryl methyl sites for hydroxylation is 1. The topological polar surface area (TPSA) is 38.5 Å². The van der Waals surface area contributed by atoms with Gasteiger partial charge in [-0.05, 0) is 93.1 Å². The smallest absolute Gasteiger partial charge is 0.170 e. The summed E-state index contributed by atoms with van der Waals surface area (Å²) in [5.74, 6) is 1.60. The molecule has 0 aliphatic carbocycles. The number of nitrogens with zero attached hydrogens (tertiary/aromatic N) is 2. The molecule has 2 heterocycles. The molecule has 1 fully saturated rings. The van der Waals surface area contributed by atoms with Gasteiger partial charge in [0.2, 0.25) is 0 Å². The Balaban J connectivity index is 1.13. The molecule has 0 spiro atoms. The molecule has 0 unspecified atom stereocenters. The lowest BCUT2D eigenvalue weighted by Gasteiger charge is -2.32. The summed E-state index contributed by atoms with van der Waals surface area (Å²) in [6, 6.07) is 21.5. The fourth-order valence-electron chi connectivity index (χ4n) is 4.87. The van der Waals surface area contributed by atoms with Crippen molar-refractivity contribution >= 4 is 21.7 Å². The lowest BCUT2D eigenvalue weighted by atomic mass is 9.91. The number of hydrogen-bond donors (Lipinski definition) is 0. The molecular weight excluding hydrogens is 396 g/mol. The highest BCUT2D eigenvalue weighted by molar-refractivity contribution is 5.83. The first-order valence-electron chi connectivity index (χ1n) is 11.9. The Bertz CT molecular complexity index is 1190. The zero-order valence-corrected chi connectivity index (χ0v) is 19.1. The minimum absolute atomic E-state index is 0.155. The highest BCUT2D eigenvalue weighted by atomic mass is 16.5. The second kappa shape index (κ2) is 9.33. The molecule has 4 aromatic rings. The number of ether oxygens (including phenoxy) is 1. The molecule has 1 aliphatic heterocycles. The lowest BCUT2D eigenvalue weighted by Crippen LogP contribution is -2.33. The summed E-state index contributed by atoms with van der Waals surface area (Å²) in [6.07, 6.45) is 4.83. The van der Waals surface area contributed by atoms with Crippen molar-refractivity contribution in [2.24, 2.45) is 5.92 Å². The summed E-state index contributed by atoms with van der Waals surface area (Å²) in [5.41, 5.74) is 3.31. The van der Waals surface area contributed by atoms with Crippen LogP contribution in [0.15, 0.2) is 65.2 Å². The van der Waals surface area contributed by atoms with Crippen LogP contribution < -0.4 is 4.74 Å². The molecule has 0 saturated carbocycles. The first kappa shape index (κ1) is 21.0. The van der Waals surface area contributed by atoms with Gasteiger partial charge in [0.1, 0.15) is 5.75 Å². The Kier molecular flexibility index (Phi) is 6.13. The Morgan fingerprint density at radius 2 is 1.81 bits per heavy atom. The van der Waals surface area contributed by atoms with Crippen molar-refractivity contribution in [3.05, 3.63) is 71.9 Å². The van der Waals surface area contributed by atoms with E-state index in [9.17, 15) is 0 Å². The molecule has 0 bridgehead atoms. The van der Waals surface area contributed by atoms with Crippen molar-refractivity contribution in [3.8, 4) is 5.75 Å². The minimum atomic E-state index is 0.155. The molecule has 4 heteroatoms. The van der Waals surface area contributed by atoms with Gasteiger partial charge >= 0.3 is 0 Å². The fraction of sp³-hybridized carbons (Fsp3) is 0.393. The van der Waals surface area contributed by atoms with Crippen LogP contribution in [0.1, 0.15) is 44.4 Å². The maximum atomic E-state index is 5.77. The standard InChI is InChI=1S/C28H32N2O2/c1-20(2)31-25-10-11-26-27(29-32-28(26)18-25)12-8-21-13-15-30(16-14-21)19-22-7-9-23-5-3-4-6-24(23)17-22/h3-7,9-11,17-18,20-21H,8,12-16,19H2,1-2H3.